The number of aryl methyl sites for hydroxylation is 1. The molecule has 1 heterocycles. The molecule has 0 saturated carbocycles. The fourth-order valence-corrected chi connectivity index (χ4v) is 2.24. The van der Waals surface area contributed by atoms with Crippen LogP contribution in [0.4, 0.5) is 5.69 Å². The summed E-state index contributed by atoms with van der Waals surface area (Å²) in [7, 11) is 0. The number of carbonyl (C=O) groups is 1. The highest BCUT2D eigenvalue weighted by atomic mass is 16.5. The number of aliphatic carboxylic acids is 1. The van der Waals surface area contributed by atoms with E-state index in [9.17, 15) is 9.90 Å². The van der Waals surface area contributed by atoms with Crippen molar-refractivity contribution in [2.75, 3.05) is 11.4 Å². The predicted molar refractivity (Wildman–Crippen MR) is 70.4 cm³/mol. The first-order valence-corrected chi connectivity index (χ1v) is 6.32. The smallest absolute Gasteiger partial charge is 0.326 e. The average molecular weight is 249 g/mol. The zero-order chi connectivity index (χ0) is 13.3. The molecule has 0 amide bonds. The minimum absolute atomic E-state index is 0.00627. The first-order valence-electron chi connectivity index (χ1n) is 6.32. The summed E-state index contributed by atoms with van der Waals surface area (Å²) in [6.45, 7) is 6.35. The number of nitrogens with zero attached hydrogens (tertiary/aromatic N) is 1. The van der Waals surface area contributed by atoms with Crippen LogP contribution < -0.4 is 9.64 Å². The maximum atomic E-state index is 11.2. The molecule has 2 atom stereocenters. The molecule has 0 saturated heterocycles. The molecule has 2 unspecified atom stereocenters. The molecule has 4 heteroatoms. The summed E-state index contributed by atoms with van der Waals surface area (Å²) >= 11 is 0. The lowest BCUT2D eigenvalue weighted by atomic mass is 10.1. The minimum atomic E-state index is -0.808. The van der Waals surface area contributed by atoms with Gasteiger partial charge in [0.05, 0.1) is 12.2 Å². The number of ether oxygens (including phenoxy) is 1. The van der Waals surface area contributed by atoms with Gasteiger partial charge in [-0.15, -0.1) is 0 Å². The minimum Gasteiger partial charge on any atom is -0.487 e. The molecule has 0 bridgehead atoms. The van der Waals surface area contributed by atoms with E-state index in [2.05, 4.69) is 6.92 Å². The molecule has 1 aliphatic rings. The van der Waals surface area contributed by atoms with E-state index >= 15 is 0 Å². The van der Waals surface area contributed by atoms with E-state index in [0.29, 0.717) is 6.54 Å². The Kier molecular flexibility index (Phi) is 3.45. The van der Waals surface area contributed by atoms with Crippen LogP contribution >= 0.6 is 0 Å². The topological polar surface area (TPSA) is 49.8 Å². The number of carboxylic acids is 1. The number of carboxylic acid groups (broad SMARTS) is 1. The van der Waals surface area contributed by atoms with Gasteiger partial charge in [0.15, 0.2) is 0 Å². The maximum Gasteiger partial charge on any atom is 0.326 e. The van der Waals surface area contributed by atoms with Gasteiger partial charge in [0.25, 0.3) is 0 Å². The van der Waals surface area contributed by atoms with Gasteiger partial charge >= 0.3 is 5.97 Å². The molecule has 1 aromatic carbocycles. The molecule has 0 radical (unpaired) electrons. The number of fused-ring (bicyclic) bond motifs is 1. The lowest BCUT2D eigenvalue weighted by Gasteiger charge is -2.37. The molecule has 4 nitrogen and oxygen atoms in total. The van der Waals surface area contributed by atoms with Crippen molar-refractivity contribution >= 4 is 11.7 Å². The van der Waals surface area contributed by atoms with Gasteiger partial charge in [0, 0.05) is 0 Å². The molecule has 0 fully saturated rings. The maximum absolute atomic E-state index is 11.2. The highest BCUT2D eigenvalue weighted by molar-refractivity contribution is 5.79. The largest absolute Gasteiger partial charge is 0.487 e. The molecule has 98 valence electrons. The van der Waals surface area contributed by atoms with Crippen molar-refractivity contribution in [1.82, 2.24) is 0 Å². The van der Waals surface area contributed by atoms with Crippen molar-refractivity contribution in [1.29, 1.82) is 0 Å². The van der Waals surface area contributed by atoms with Gasteiger partial charge in [-0.1, -0.05) is 13.0 Å². The molecule has 0 spiro atoms. The van der Waals surface area contributed by atoms with Gasteiger partial charge in [0.2, 0.25) is 0 Å². The molecular weight excluding hydrogens is 230 g/mol. The van der Waals surface area contributed by atoms with Crippen LogP contribution in [0.3, 0.4) is 0 Å². The zero-order valence-corrected chi connectivity index (χ0v) is 11.0. The number of hydrogen-bond acceptors (Lipinski definition) is 3. The van der Waals surface area contributed by atoms with Crippen LogP contribution in [-0.2, 0) is 11.2 Å². The quantitative estimate of drug-likeness (QED) is 0.893. The summed E-state index contributed by atoms with van der Waals surface area (Å²) < 4.78 is 5.76. The summed E-state index contributed by atoms with van der Waals surface area (Å²) in [5.74, 6) is -0.0315. The van der Waals surface area contributed by atoms with Crippen molar-refractivity contribution in [2.45, 2.75) is 39.3 Å². The molecule has 1 aliphatic heterocycles. The second-order valence-corrected chi connectivity index (χ2v) is 4.75. The van der Waals surface area contributed by atoms with Crippen LogP contribution in [-0.4, -0.2) is 29.8 Å². The monoisotopic (exact) mass is 249 g/mol. The van der Waals surface area contributed by atoms with Crippen molar-refractivity contribution in [3.63, 3.8) is 0 Å². The van der Waals surface area contributed by atoms with Crippen LogP contribution in [0.5, 0.6) is 5.75 Å². The van der Waals surface area contributed by atoms with Gasteiger partial charge in [-0.05, 0) is 38.0 Å². The molecule has 1 N–H and O–H groups in total. The lowest BCUT2D eigenvalue weighted by Crippen LogP contribution is -2.47. The Labute approximate surface area is 107 Å². The average Bonchev–Trinajstić information content (AvgIpc) is 2.36. The Morgan fingerprint density at radius 1 is 1.61 bits per heavy atom. The molecule has 1 aromatic rings. The Balaban J connectivity index is 2.42. The van der Waals surface area contributed by atoms with Crippen molar-refractivity contribution in [2.24, 2.45) is 0 Å². The summed E-state index contributed by atoms with van der Waals surface area (Å²) in [5.41, 5.74) is 2.08. The molecule has 18 heavy (non-hydrogen) atoms. The normalized spacial score (nSPS) is 19.9. The predicted octanol–water partition coefficient (Wildman–Crippen LogP) is 2.31. The number of benzene rings is 1. The van der Waals surface area contributed by atoms with Crippen molar-refractivity contribution in [3.8, 4) is 5.75 Å². The van der Waals surface area contributed by atoms with Gasteiger partial charge in [-0.2, -0.15) is 0 Å². The van der Waals surface area contributed by atoms with Crippen molar-refractivity contribution < 1.29 is 14.6 Å². The van der Waals surface area contributed by atoms with E-state index in [1.165, 1.54) is 5.56 Å². The molecule has 0 aromatic heterocycles. The van der Waals surface area contributed by atoms with E-state index in [4.69, 9.17) is 4.74 Å². The summed E-state index contributed by atoms with van der Waals surface area (Å²) in [6, 6.07) is 5.45. The van der Waals surface area contributed by atoms with Crippen LogP contribution in [0.2, 0.25) is 0 Å². The zero-order valence-electron chi connectivity index (χ0n) is 11.0. The number of rotatable bonds is 3. The fourth-order valence-electron chi connectivity index (χ4n) is 2.24. The van der Waals surface area contributed by atoms with Crippen molar-refractivity contribution in [3.05, 3.63) is 23.8 Å². The third-order valence-electron chi connectivity index (χ3n) is 3.35. The Morgan fingerprint density at radius 2 is 2.33 bits per heavy atom. The third-order valence-corrected chi connectivity index (χ3v) is 3.35. The van der Waals surface area contributed by atoms with E-state index in [1.54, 1.807) is 6.92 Å². The Morgan fingerprint density at radius 3 is 2.94 bits per heavy atom. The number of hydrogen-bond donors (Lipinski definition) is 1. The second kappa shape index (κ2) is 4.88. The summed E-state index contributed by atoms with van der Waals surface area (Å²) in [4.78, 5) is 13.1. The fraction of sp³-hybridized carbons (Fsp3) is 0.500. The number of anilines is 1. The lowest BCUT2D eigenvalue weighted by molar-refractivity contribution is -0.138. The van der Waals surface area contributed by atoms with E-state index < -0.39 is 12.0 Å². The molecule has 2 rings (SSSR count). The molecular formula is C14H19NO3. The first-order chi connectivity index (χ1) is 8.52. The van der Waals surface area contributed by atoms with Gasteiger partial charge in [-0.25, -0.2) is 4.79 Å². The second-order valence-electron chi connectivity index (χ2n) is 4.75. The van der Waals surface area contributed by atoms with Gasteiger partial charge in [0.1, 0.15) is 17.9 Å². The highest BCUT2D eigenvalue weighted by Crippen LogP contribution is 2.35. The summed E-state index contributed by atoms with van der Waals surface area (Å²) in [5, 5.41) is 9.19. The van der Waals surface area contributed by atoms with Gasteiger partial charge < -0.3 is 14.7 Å². The molecule has 0 aliphatic carbocycles. The van der Waals surface area contributed by atoms with Crippen LogP contribution in [0.25, 0.3) is 0 Å². The Bertz CT molecular complexity index is 458. The summed E-state index contributed by atoms with van der Waals surface area (Å²) in [6.07, 6.45) is 0.935. The Hall–Kier alpha value is -1.71. The van der Waals surface area contributed by atoms with Crippen LogP contribution in [0.15, 0.2) is 18.2 Å². The van der Waals surface area contributed by atoms with E-state index in [-0.39, 0.29) is 6.10 Å². The van der Waals surface area contributed by atoms with E-state index in [0.717, 1.165) is 17.9 Å². The highest BCUT2D eigenvalue weighted by Gasteiger charge is 2.29. The van der Waals surface area contributed by atoms with Crippen LogP contribution in [0.1, 0.15) is 26.3 Å². The van der Waals surface area contributed by atoms with Crippen LogP contribution in [0, 0.1) is 0 Å². The van der Waals surface area contributed by atoms with Gasteiger partial charge in [-0.3, -0.25) is 0 Å². The first kappa shape index (κ1) is 12.7. The standard InChI is InChI=1S/C14H19NO3/c1-4-11-5-6-13-12(7-11)15(8-9(2)18-13)10(3)14(16)17/h5-7,9-10H,4,8H2,1-3H3,(H,16,17). The third kappa shape index (κ3) is 2.28. The SMILES string of the molecule is CCc1ccc2c(c1)N(C(C)C(=O)O)CC(C)O2. The van der Waals surface area contributed by atoms with E-state index in [1.807, 2.05) is 30.0 Å².